The molecule has 108 valence electrons. The van der Waals surface area contributed by atoms with Crippen LogP contribution in [0.5, 0.6) is 11.5 Å². The van der Waals surface area contributed by atoms with Gasteiger partial charge < -0.3 is 14.0 Å². The van der Waals surface area contributed by atoms with Gasteiger partial charge in [-0.3, -0.25) is 4.79 Å². The lowest BCUT2D eigenvalue weighted by Gasteiger charge is -2.02. The summed E-state index contributed by atoms with van der Waals surface area (Å²) in [6.45, 7) is 0. The summed E-state index contributed by atoms with van der Waals surface area (Å²) in [6, 6.07) is 15.2. The maximum absolute atomic E-state index is 12.4. The molecule has 1 aliphatic heterocycles. The summed E-state index contributed by atoms with van der Waals surface area (Å²) in [7, 11) is 1.58. The fourth-order valence-electron chi connectivity index (χ4n) is 2.63. The zero-order chi connectivity index (χ0) is 15.1. The number of methoxy groups -OCH3 is 1. The van der Waals surface area contributed by atoms with Gasteiger partial charge in [-0.15, -0.1) is 0 Å². The van der Waals surface area contributed by atoms with E-state index in [1.165, 1.54) is 0 Å². The fraction of sp³-hybridized carbons (Fsp3) is 0.0556. The summed E-state index contributed by atoms with van der Waals surface area (Å²) in [5, 5.41) is 1.11. The van der Waals surface area contributed by atoms with Crippen LogP contribution in [0, 0.1) is 0 Å². The van der Waals surface area contributed by atoms with Crippen molar-refractivity contribution in [3.63, 3.8) is 0 Å². The van der Waals surface area contributed by atoms with E-state index in [0.29, 0.717) is 22.8 Å². The molecule has 22 heavy (non-hydrogen) atoms. The lowest BCUT2D eigenvalue weighted by Crippen LogP contribution is -2.00. The van der Waals surface area contributed by atoms with Crippen LogP contribution in [0.3, 0.4) is 0 Å². The van der Waals surface area contributed by atoms with E-state index in [9.17, 15) is 4.79 Å². The van der Waals surface area contributed by atoms with Crippen LogP contribution in [0.1, 0.15) is 10.4 Å². The minimum atomic E-state index is -0.115. The Morgan fingerprint density at radius 1 is 1.14 bits per heavy atom. The predicted molar refractivity (Wildman–Crippen MR) is 84.2 cm³/mol. The second-order valence-corrected chi connectivity index (χ2v) is 5.07. The van der Waals surface area contributed by atoms with Crippen LogP contribution in [0.25, 0.3) is 17.1 Å². The molecule has 0 radical (unpaired) electrons. The molecule has 2 aromatic carbocycles. The van der Waals surface area contributed by atoms with Crippen molar-refractivity contribution >= 4 is 22.9 Å². The molecule has 3 aromatic rings. The van der Waals surface area contributed by atoms with Gasteiger partial charge in [0.2, 0.25) is 5.78 Å². The summed E-state index contributed by atoms with van der Waals surface area (Å²) in [5.41, 5.74) is 1.59. The number of Topliss-reactive ketones (excluding diaryl/α,β-unsaturated/α-hetero) is 1. The molecule has 0 atom stereocenters. The standard InChI is InChI=1S/C18H13NO3/c1-21-13-6-7-14-16(10-13)22-17(18(14)20)11-19-9-8-12-4-2-3-5-15(12)19/h2-11H,1H3/b17-11-. The number of aromatic nitrogens is 1. The fourth-order valence-corrected chi connectivity index (χ4v) is 2.63. The molecule has 2 heterocycles. The third-order valence-electron chi connectivity index (χ3n) is 3.76. The number of allylic oxidation sites excluding steroid dienone is 1. The van der Waals surface area contributed by atoms with Crippen molar-refractivity contribution in [3.05, 3.63) is 66.1 Å². The lowest BCUT2D eigenvalue weighted by atomic mass is 10.1. The Morgan fingerprint density at radius 3 is 2.86 bits per heavy atom. The predicted octanol–water partition coefficient (Wildman–Crippen LogP) is 3.72. The molecule has 1 aromatic heterocycles. The van der Waals surface area contributed by atoms with Crippen molar-refractivity contribution in [2.75, 3.05) is 7.11 Å². The number of hydrogen-bond donors (Lipinski definition) is 0. The van der Waals surface area contributed by atoms with E-state index in [2.05, 4.69) is 0 Å². The normalized spacial score (nSPS) is 15.1. The van der Waals surface area contributed by atoms with E-state index in [0.717, 1.165) is 10.9 Å². The molecule has 0 spiro atoms. The molecule has 0 saturated carbocycles. The topological polar surface area (TPSA) is 40.5 Å². The van der Waals surface area contributed by atoms with E-state index in [-0.39, 0.29) is 5.78 Å². The van der Waals surface area contributed by atoms with Gasteiger partial charge >= 0.3 is 0 Å². The van der Waals surface area contributed by atoms with E-state index in [4.69, 9.17) is 9.47 Å². The zero-order valence-corrected chi connectivity index (χ0v) is 11.9. The number of carbonyl (C=O) groups excluding carboxylic acids is 1. The van der Waals surface area contributed by atoms with Crippen LogP contribution in [-0.4, -0.2) is 17.5 Å². The first-order valence-corrected chi connectivity index (χ1v) is 6.94. The number of fused-ring (bicyclic) bond motifs is 2. The van der Waals surface area contributed by atoms with E-state index in [1.54, 1.807) is 31.5 Å². The third-order valence-corrected chi connectivity index (χ3v) is 3.76. The van der Waals surface area contributed by atoms with Crippen LogP contribution >= 0.6 is 0 Å². The van der Waals surface area contributed by atoms with Gasteiger partial charge in [-0.25, -0.2) is 0 Å². The largest absolute Gasteiger partial charge is 0.497 e. The van der Waals surface area contributed by atoms with Crippen molar-refractivity contribution in [1.29, 1.82) is 0 Å². The molecule has 0 fully saturated rings. The highest BCUT2D eigenvalue weighted by Gasteiger charge is 2.28. The second kappa shape index (κ2) is 4.77. The Balaban J connectivity index is 1.77. The summed E-state index contributed by atoms with van der Waals surface area (Å²) in [4.78, 5) is 12.4. The quantitative estimate of drug-likeness (QED) is 0.676. The third kappa shape index (κ3) is 1.89. The van der Waals surface area contributed by atoms with Gasteiger partial charge in [0.15, 0.2) is 5.76 Å². The Labute approximate surface area is 127 Å². The van der Waals surface area contributed by atoms with Crippen molar-refractivity contribution in [3.8, 4) is 11.5 Å². The number of ether oxygens (including phenoxy) is 2. The van der Waals surface area contributed by atoms with Crippen molar-refractivity contribution < 1.29 is 14.3 Å². The molecule has 4 nitrogen and oxygen atoms in total. The van der Waals surface area contributed by atoms with Gasteiger partial charge in [-0.05, 0) is 29.7 Å². The first kappa shape index (κ1) is 12.7. The van der Waals surface area contributed by atoms with E-state index >= 15 is 0 Å². The summed E-state index contributed by atoms with van der Waals surface area (Å²) < 4.78 is 12.7. The van der Waals surface area contributed by atoms with Gasteiger partial charge in [-0.2, -0.15) is 0 Å². The summed E-state index contributed by atoms with van der Waals surface area (Å²) >= 11 is 0. The van der Waals surface area contributed by atoms with Gasteiger partial charge in [0.25, 0.3) is 0 Å². The van der Waals surface area contributed by atoms with Gasteiger partial charge in [-0.1, -0.05) is 18.2 Å². The zero-order valence-electron chi connectivity index (χ0n) is 11.9. The van der Waals surface area contributed by atoms with Crippen molar-refractivity contribution in [1.82, 2.24) is 4.57 Å². The summed E-state index contributed by atoms with van der Waals surface area (Å²) in [5.74, 6) is 1.39. The second-order valence-electron chi connectivity index (χ2n) is 5.07. The van der Waals surface area contributed by atoms with Crippen molar-refractivity contribution in [2.24, 2.45) is 0 Å². The average Bonchev–Trinajstić information content (AvgIpc) is 3.10. The molecule has 0 unspecified atom stereocenters. The SMILES string of the molecule is COc1ccc2c(c1)O/C(=C\n1ccc3ccccc31)C2=O. The molecule has 1 aliphatic rings. The molecular weight excluding hydrogens is 278 g/mol. The minimum absolute atomic E-state index is 0.115. The number of hydrogen-bond acceptors (Lipinski definition) is 3. The molecular formula is C18H13NO3. The van der Waals surface area contributed by atoms with Crippen molar-refractivity contribution in [2.45, 2.75) is 0 Å². The van der Waals surface area contributed by atoms with Crippen LogP contribution in [0.15, 0.2) is 60.5 Å². The molecule has 0 aliphatic carbocycles. The molecule has 0 amide bonds. The number of para-hydroxylation sites is 1. The van der Waals surface area contributed by atoms with Crippen LogP contribution in [-0.2, 0) is 0 Å². The minimum Gasteiger partial charge on any atom is -0.497 e. The molecule has 4 rings (SSSR count). The smallest absolute Gasteiger partial charge is 0.233 e. The maximum Gasteiger partial charge on any atom is 0.233 e. The highest BCUT2D eigenvalue weighted by atomic mass is 16.5. The maximum atomic E-state index is 12.4. The highest BCUT2D eigenvalue weighted by Crippen LogP contribution is 2.34. The lowest BCUT2D eigenvalue weighted by molar-refractivity contribution is 0.101. The number of benzene rings is 2. The van der Waals surface area contributed by atoms with E-state index < -0.39 is 0 Å². The number of carbonyl (C=O) groups is 1. The van der Waals surface area contributed by atoms with Gasteiger partial charge in [0.1, 0.15) is 11.5 Å². The van der Waals surface area contributed by atoms with Crippen LogP contribution < -0.4 is 9.47 Å². The first-order chi connectivity index (χ1) is 10.8. The monoisotopic (exact) mass is 291 g/mol. The highest BCUT2D eigenvalue weighted by molar-refractivity contribution is 6.14. The van der Waals surface area contributed by atoms with Crippen LogP contribution in [0.2, 0.25) is 0 Å². The Hall–Kier alpha value is -3.01. The number of rotatable bonds is 2. The molecule has 0 N–H and O–H groups in total. The molecule has 0 saturated heterocycles. The average molecular weight is 291 g/mol. The Kier molecular flexibility index (Phi) is 2.76. The first-order valence-electron chi connectivity index (χ1n) is 6.94. The molecule has 0 bridgehead atoms. The number of ketones is 1. The Bertz CT molecular complexity index is 921. The van der Waals surface area contributed by atoms with Gasteiger partial charge in [0.05, 0.1) is 24.4 Å². The summed E-state index contributed by atoms with van der Waals surface area (Å²) in [6.07, 6.45) is 3.63. The number of nitrogens with zero attached hydrogens (tertiary/aromatic N) is 1. The Morgan fingerprint density at radius 2 is 2.00 bits per heavy atom. The van der Waals surface area contributed by atoms with Gasteiger partial charge in [0, 0.05) is 12.3 Å². The van der Waals surface area contributed by atoms with Crippen LogP contribution in [0.4, 0.5) is 0 Å². The molecule has 4 heteroatoms. The van der Waals surface area contributed by atoms with E-state index in [1.807, 2.05) is 41.1 Å².